The van der Waals surface area contributed by atoms with Crippen LogP contribution in [0.5, 0.6) is 0 Å². The Morgan fingerprint density at radius 2 is 2.13 bits per heavy atom. The first-order valence-electron chi connectivity index (χ1n) is 5.33. The SMILES string of the molecule is CN(C)c1ccc(F)cc1CC1CNC1. The van der Waals surface area contributed by atoms with E-state index in [9.17, 15) is 4.39 Å². The summed E-state index contributed by atoms with van der Waals surface area (Å²) in [5, 5.41) is 3.24. The maximum atomic E-state index is 13.1. The summed E-state index contributed by atoms with van der Waals surface area (Å²) < 4.78 is 13.1. The van der Waals surface area contributed by atoms with Gasteiger partial charge in [0.05, 0.1) is 0 Å². The van der Waals surface area contributed by atoms with E-state index in [1.54, 1.807) is 6.07 Å². The molecule has 1 aliphatic heterocycles. The lowest BCUT2D eigenvalue weighted by atomic mass is 9.93. The van der Waals surface area contributed by atoms with Gasteiger partial charge in [-0.15, -0.1) is 0 Å². The van der Waals surface area contributed by atoms with Crippen molar-refractivity contribution in [2.45, 2.75) is 6.42 Å². The molecule has 0 spiro atoms. The average molecular weight is 208 g/mol. The third-order valence-electron chi connectivity index (χ3n) is 2.90. The summed E-state index contributed by atoms with van der Waals surface area (Å²) in [6.07, 6.45) is 0.971. The Labute approximate surface area is 90.1 Å². The van der Waals surface area contributed by atoms with Gasteiger partial charge in [-0.2, -0.15) is 0 Å². The highest BCUT2D eigenvalue weighted by Gasteiger charge is 2.19. The molecule has 1 aromatic carbocycles. The molecule has 1 N–H and O–H groups in total. The Hall–Kier alpha value is -1.09. The number of nitrogens with one attached hydrogen (secondary N) is 1. The molecule has 15 heavy (non-hydrogen) atoms. The molecule has 0 radical (unpaired) electrons. The largest absolute Gasteiger partial charge is 0.377 e. The lowest BCUT2D eigenvalue weighted by Gasteiger charge is -2.28. The zero-order valence-corrected chi connectivity index (χ0v) is 9.26. The van der Waals surface area contributed by atoms with Crippen LogP contribution in [0.1, 0.15) is 5.56 Å². The summed E-state index contributed by atoms with van der Waals surface area (Å²) in [4.78, 5) is 2.04. The maximum Gasteiger partial charge on any atom is 0.123 e. The Bertz CT molecular complexity index is 345. The molecule has 1 aromatic rings. The predicted octanol–water partition coefficient (Wildman–Crippen LogP) is 1.65. The summed E-state index contributed by atoms with van der Waals surface area (Å²) in [5.41, 5.74) is 2.25. The quantitative estimate of drug-likeness (QED) is 0.812. The van der Waals surface area contributed by atoms with E-state index in [-0.39, 0.29) is 5.82 Å². The van der Waals surface area contributed by atoms with Crippen molar-refractivity contribution in [1.29, 1.82) is 0 Å². The predicted molar refractivity (Wildman–Crippen MR) is 60.8 cm³/mol. The highest BCUT2D eigenvalue weighted by molar-refractivity contribution is 5.52. The second-order valence-corrected chi connectivity index (χ2v) is 4.40. The molecule has 0 aliphatic carbocycles. The van der Waals surface area contributed by atoms with E-state index in [1.807, 2.05) is 25.1 Å². The van der Waals surface area contributed by atoms with E-state index in [0.717, 1.165) is 30.8 Å². The molecule has 0 bridgehead atoms. The van der Waals surface area contributed by atoms with Crippen LogP contribution in [0.15, 0.2) is 18.2 Å². The molecular formula is C12H17FN2. The van der Waals surface area contributed by atoms with Crippen molar-refractivity contribution < 1.29 is 4.39 Å². The van der Waals surface area contributed by atoms with Gasteiger partial charge in [-0.25, -0.2) is 4.39 Å². The molecule has 0 atom stereocenters. The number of rotatable bonds is 3. The molecule has 0 aromatic heterocycles. The van der Waals surface area contributed by atoms with Gasteiger partial charge in [0, 0.05) is 19.8 Å². The van der Waals surface area contributed by atoms with Crippen molar-refractivity contribution in [3.05, 3.63) is 29.6 Å². The minimum absolute atomic E-state index is 0.136. The molecule has 1 fully saturated rings. The van der Waals surface area contributed by atoms with Crippen molar-refractivity contribution in [2.24, 2.45) is 5.92 Å². The van der Waals surface area contributed by atoms with Crippen LogP contribution < -0.4 is 10.2 Å². The van der Waals surface area contributed by atoms with Crippen LogP contribution in [0, 0.1) is 11.7 Å². The summed E-state index contributed by atoms with van der Waals surface area (Å²) in [5.74, 6) is 0.536. The number of benzene rings is 1. The van der Waals surface area contributed by atoms with Gasteiger partial charge in [0.25, 0.3) is 0 Å². The highest BCUT2D eigenvalue weighted by atomic mass is 19.1. The van der Waals surface area contributed by atoms with Crippen molar-refractivity contribution in [1.82, 2.24) is 5.32 Å². The second-order valence-electron chi connectivity index (χ2n) is 4.40. The first-order chi connectivity index (χ1) is 7.16. The van der Waals surface area contributed by atoms with Crippen LogP contribution in [0.3, 0.4) is 0 Å². The van der Waals surface area contributed by atoms with Crippen LogP contribution in [0.2, 0.25) is 0 Å². The van der Waals surface area contributed by atoms with Gasteiger partial charge in [-0.1, -0.05) is 0 Å². The smallest absolute Gasteiger partial charge is 0.123 e. The minimum Gasteiger partial charge on any atom is -0.377 e. The van der Waals surface area contributed by atoms with E-state index >= 15 is 0 Å². The highest BCUT2D eigenvalue weighted by Crippen LogP contribution is 2.23. The third-order valence-corrected chi connectivity index (χ3v) is 2.90. The zero-order chi connectivity index (χ0) is 10.8. The van der Waals surface area contributed by atoms with Crippen molar-refractivity contribution >= 4 is 5.69 Å². The number of nitrogens with zero attached hydrogens (tertiary/aromatic N) is 1. The molecule has 1 saturated heterocycles. The summed E-state index contributed by atoms with van der Waals surface area (Å²) in [7, 11) is 3.99. The van der Waals surface area contributed by atoms with Crippen LogP contribution in [0.25, 0.3) is 0 Å². The third kappa shape index (κ3) is 2.29. The van der Waals surface area contributed by atoms with Gasteiger partial charge in [-0.05, 0) is 49.2 Å². The first-order valence-corrected chi connectivity index (χ1v) is 5.33. The number of halogens is 1. The van der Waals surface area contributed by atoms with Gasteiger partial charge in [0.2, 0.25) is 0 Å². The summed E-state index contributed by atoms with van der Waals surface area (Å²) >= 11 is 0. The maximum absolute atomic E-state index is 13.1. The topological polar surface area (TPSA) is 15.3 Å². The van der Waals surface area contributed by atoms with E-state index in [0.29, 0.717) is 5.92 Å². The molecule has 0 saturated carbocycles. The Morgan fingerprint density at radius 1 is 1.40 bits per heavy atom. The van der Waals surface area contributed by atoms with E-state index in [1.165, 1.54) is 6.07 Å². The molecule has 0 unspecified atom stereocenters. The van der Waals surface area contributed by atoms with Crippen LogP contribution in [0.4, 0.5) is 10.1 Å². The molecule has 82 valence electrons. The lowest BCUT2D eigenvalue weighted by molar-refractivity contribution is 0.346. The molecular weight excluding hydrogens is 191 g/mol. The summed E-state index contributed by atoms with van der Waals surface area (Å²) in [6, 6.07) is 5.04. The molecule has 2 rings (SSSR count). The number of hydrogen-bond donors (Lipinski definition) is 1. The normalized spacial score (nSPS) is 16.2. The lowest BCUT2D eigenvalue weighted by Crippen LogP contribution is -2.43. The molecule has 0 amide bonds. The monoisotopic (exact) mass is 208 g/mol. The van der Waals surface area contributed by atoms with Crippen molar-refractivity contribution in [3.63, 3.8) is 0 Å². The molecule has 1 aliphatic rings. The van der Waals surface area contributed by atoms with Crippen molar-refractivity contribution in [3.8, 4) is 0 Å². The van der Waals surface area contributed by atoms with Gasteiger partial charge >= 0.3 is 0 Å². The van der Waals surface area contributed by atoms with E-state index in [4.69, 9.17) is 0 Å². The van der Waals surface area contributed by atoms with Gasteiger partial charge in [-0.3, -0.25) is 0 Å². The van der Waals surface area contributed by atoms with Gasteiger partial charge in [0.1, 0.15) is 5.82 Å². The number of hydrogen-bond acceptors (Lipinski definition) is 2. The average Bonchev–Trinajstić information content (AvgIpc) is 2.11. The molecule has 1 heterocycles. The molecule has 2 nitrogen and oxygen atoms in total. The first kappa shape index (κ1) is 10.4. The minimum atomic E-state index is -0.136. The van der Waals surface area contributed by atoms with Crippen LogP contribution in [-0.2, 0) is 6.42 Å². The fraction of sp³-hybridized carbons (Fsp3) is 0.500. The van der Waals surface area contributed by atoms with Gasteiger partial charge in [0.15, 0.2) is 0 Å². The van der Waals surface area contributed by atoms with Crippen LogP contribution in [-0.4, -0.2) is 27.2 Å². The molecule has 3 heteroatoms. The standard InChI is InChI=1S/C12H17FN2/c1-15(2)12-4-3-11(13)6-10(12)5-9-7-14-8-9/h3-4,6,9,14H,5,7-8H2,1-2H3. The Morgan fingerprint density at radius 3 is 2.67 bits per heavy atom. The van der Waals surface area contributed by atoms with E-state index < -0.39 is 0 Å². The second kappa shape index (κ2) is 4.19. The fourth-order valence-electron chi connectivity index (χ4n) is 1.96. The van der Waals surface area contributed by atoms with E-state index in [2.05, 4.69) is 5.32 Å². The van der Waals surface area contributed by atoms with Crippen LogP contribution >= 0.6 is 0 Å². The van der Waals surface area contributed by atoms with Crippen molar-refractivity contribution in [2.75, 3.05) is 32.1 Å². The fourth-order valence-corrected chi connectivity index (χ4v) is 1.96. The van der Waals surface area contributed by atoms with Gasteiger partial charge < -0.3 is 10.2 Å². The zero-order valence-electron chi connectivity index (χ0n) is 9.26. The Kier molecular flexibility index (Phi) is 2.91. The summed E-state index contributed by atoms with van der Waals surface area (Å²) in [6.45, 7) is 2.12. The Balaban J connectivity index is 2.21. The number of anilines is 1.